The van der Waals surface area contributed by atoms with Crippen LogP contribution in [-0.4, -0.2) is 48.2 Å². The molecule has 1 aliphatic heterocycles. The average Bonchev–Trinajstić information content (AvgIpc) is 3.43. The molecule has 3 aromatic heterocycles. The van der Waals surface area contributed by atoms with E-state index < -0.39 is 5.91 Å². The normalized spacial score (nSPS) is 13.9. The Morgan fingerprint density at radius 1 is 1.21 bits per heavy atom. The molecule has 1 saturated heterocycles. The number of morpholine rings is 1. The molecule has 3 N–H and O–H groups in total. The van der Waals surface area contributed by atoms with Gasteiger partial charge in [-0.25, -0.2) is 4.98 Å². The number of Topliss-reactive ketones (excluding diaryl/α,β-unsaturated/α-hetero) is 1. The number of nitrogens with one attached hydrogen (secondary N) is 1. The van der Waals surface area contributed by atoms with Crippen LogP contribution in [0.5, 0.6) is 0 Å². The first-order valence-electron chi connectivity index (χ1n) is 10.8. The summed E-state index contributed by atoms with van der Waals surface area (Å²) in [4.78, 5) is 32.7. The fourth-order valence-corrected chi connectivity index (χ4v) is 5.16. The quantitative estimate of drug-likeness (QED) is 0.330. The summed E-state index contributed by atoms with van der Waals surface area (Å²) < 4.78 is 10.6. The Labute approximate surface area is 198 Å². The lowest BCUT2D eigenvalue weighted by atomic mass is 9.93. The molecule has 4 aromatic rings. The van der Waals surface area contributed by atoms with Crippen LogP contribution in [0.4, 0.5) is 11.6 Å². The molecule has 1 amide bonds. The second-order valence-electron chi connectivity index (χ2n) is 7.90. The summed E-state index contributed by atoms with van der Waals surface area (Å²) in [5, 5.41) is 9.23. The second-order valence-corrected chi connectivity index (χ2v) is 8.90. The van der Waals surface area contributed by atoms with Gasteiger partial charge in [-0.1, -0.05) is 30.3 Å². The average molecular weight is 480 g/mol. The third-order valence-corrected chi connectivity index (χ3v) is 6.75. The molecule has 0 radical (unpaired) electrons. The molecule has 5 rings (SSSR count). The standard InChI is InChI=1S/C23H22N6O4S/c1-13-17(14(2)30)18(15-6-4-3-5-7-15)19-20(24)21(34-23(19)25-13)22(31)26-16-12-29(27-33-16)28-8-10-32-11-9-28/h3-7,12H,8-11H2,1-2H3,(H2-,24,26,27,31)/p+1. The van der Waals surface area contributed by atoms with Gasteiger partial charge < -0.3 is 10.5 Å². The Morgan fingerprint density at radius 3 is 2.65 bits per heavy atom. The van der Waals surface area contributed by atoms with E-state index in [1.807, 2.05) is 35.3 Å². The van der Waals surface area contributed by atoms with E-state index in [0.717, 1.165) is 5.56 Å². The van der Waals surface area contributed by atoms with E-state index in [1.165, 1.54) is 18.3 Å². The lowest BCUT2D eigenvalue weighted by Crippen LogP contribution is -2.62. The zero-order chi connectivity index (χ0) is 23.8. The smallest absolute Gasteiger partial charge is 0.306 e. The molecule has 0 aliphatic carbocycles. The Morgan fingerprint density at radius 2 is 1.94 bits per heavy atom. The maximum atomic E-state index is 13.1. The lowest BCUT2D eigenvalue weighted by molar-refractivity contribution is -0.759. The van der Waals surface area contributed by atoms with Crippen LogP contribution in [0.1, 0.15) is 32.6 Å². The topological polar surface area (TPSA) is 127 Å². The van der Waals surface area contributed by atoms with Gasteiger partial charge in [-0.3, -0.25) is 19.4 Å². The lowest BCUT2D eigenvalue weighted by Gasteiger charge is -2.18. The second kappa shape index (κ2) is 8.84. The Bertz CT molecular complexity index is 1390. The SMILES string of the molecule is CC(=O)c1c(C)nc2sc(C(=O)Nc3c[n+](N4CCOCC4)no3)c(N)c2c1-c1ccccc1. The zero-order valence-electron chi connectivity index (χ0n) is 18.7. The highest BCUT2D eigenvalue weighted by atomic mass is 32.1. The van der Waals surface area contributed by atoms with Crippen LogP contribution in [0.15, 0.2) is 41.1 Å². The summed E-state index contributed by atoms with van der Waals surface area (Å²) >= 11 is 1.17. The van der Waals surface area contributed by atoms with E-state index in [1.54, 1.807) is 17.9 Å². The number of amides is 1. The molecule has 1 fully saturated rings. The number of nitrogens with zero attached hydrogens (tertiary/aromatic N) is 4. The number of aromatic nitrogens is 3. The van der Waals surface area contributed by atoms with Crippen LogP contribution in [0, 0.1) is 6.92 Å². The van der Waals surface area contributed by atoms with Gasteiger partial charge >= 0.3 is 5.88 Å². The third-order valence-electron chi connectivity index (χ3n) is 5.65. The molecule has 1 aromatic carbocycles. The van der Waals surface area contributed by atoms with Crippen LogP contribution >= 0.6 is 11.3 Å². The van der Waals surface area contributed by atoms with Gasteiger partial charge in [0.05, 0.1) is 42.5 Å². The van der Waals surface area contributed by atoms with Crippen molar-refractivity contribution in [3.8, 4) is 11.1 Å². The largest absolute Gasteiger partial charge is 0.397 e. The van der Waals surface area contributed by atoms with Gasteiger partial charge in [0.15, 0.2) is 5.78 Å². The minimum Gasteiger partial charge on any atom is -0.397 e. The van der Waals surface area contributed by atoms with Gasteiger partial charge in [0, 0.05) is 16.5 Å². The Hall–Kier alpha value is -3.83. The van der Waals surface area contributed by atoms with Crippen LogP contribution in [0.25, 0.3) is 21.3 Å². The molecule has 0 unspecified atom stereocenters. The summed E-state index contributed by atoms with van der Waals surface area (Å²) in [6.45, 7) is 5.82. The van der Waals surface area contributed by atoms with Crippen molar-refractivity contribution in [3.63, 3.8) is 0 Å². The predicted molar refractivity (Wildman–Crippen MR) is 128 cm³/mol. The molecular weight excluding hydrogens is 456 g/mol. The number of nitrogen functional groups attached to an aromatic ring is 1. The van der Waals surface area contributed by atoms with Crippen LogP contribution < -0.4 is 20.9 Å². The number of pyridine rings is 1. The number of thiophene rings is 1. The summed E-state index contributed by atoms with van der Waals surface area (Å²) in [6.07, 6.45) is 1.60. The molecule has 0 atom stereocenters. The van der Waals surface area contributed by atoms with Crippen LogP contribution in [0.3, 0.4) is 0 Å². The molecule has 4 heterocycles. The summed E-state index contributed by atoms with van der Waals surface area (Å²) in [6, 6.07) is 9.51. The third kappa shape index (κ3) is 3.88. The molecule has 0 bridgehead atoms. The number of carbonyl (C=O) groups excluding carboxylic acids is 2. The number of fused-ring (bicyclic) bond motifs is 1. The number of ketones is 1. The van der Waals surface area contributed by atoms with Crippen molar-refractivity contribution in [3.05, 3.63) is 52.7 Å². The van der Waals surface area contributed by atoms with Crippen molar-refractivity contribution in [2.45, 2.75) is 13.8 Å². The molecule has 1 aliphatic rings. The zero-order valence-corrected chi connectivity index (χ0v) is 19.5. The number of rotatable bonds is 5. The molecule has 0 saturated carbocycles. The van der Waals surface area contributed by atoms with Gasteiger partial charge in [0.25, 0.3) is 12.1 Å². The predicted octanol–water partition coefficient (Wildman–Crippen LogP) is 2.55. The fraction of sp³-hybridized carbons (Fsp3) is 0.261. The highest BCUT2D eigenvalue weighted by Crippen LogP contribution is 2.42. The molecular formula is C23H23N6O4S+. The minimum absolute atomic E-state index is 0.114. The van der Waals surface area contributed by atoms with Crippen molar-refractivity contribution in [2.75, 3.05) is 42.4 Å². The molecule has 0 spiro atoms. The fourth-order valence-electron chi connectivity index (χ4n) is 4.11. The van der Waals surface area contributed by atoms with E-state index in [0.29, 0.717) is 53.3 Å². The summed E-state index contributed by atoms with van der Waals surface area (Å²) in [5.41, 5.74) is 9.38. The Balaban J connectivity index is 1.54. The first-order valence-corrected chi connectivity index (χ1v) is 11.6. The van der Waals surface area contributed by atoms with Crippen molar-refractivity contribution in [1.29, 1.82) is 0 Å². The maximum Gasteiger partial charge on any atom is 0.306 e. The van der Waals surface area contributed by atoms with E-state index in [4.69, 9.17) is 15.0 Å². The maximum absolute atomic E-state index is 13.1. The van der Waals surface area contributed by atoms with Gasteiger partial charge in [0.2, 0.25) is 5.27 Å². The van der Waals surface area contributed by atoms with Crippen molar-refractivity contribution < 1.29 is 23.6 Å². The summed E-state index contributed by atoms with van der Waals surface area (Å²) in [5.74, 6) is -0.367. The molecule has 10 nitrogen and oxygen atoms in total. The van der Waals surface area contributed by atoms with Gasteiger partial charge in [0.1, 0.15) is 9.71 Å². The number of hydrogen-bond donors (Lipinski definition) is 2. The molecule has 34 heavy (non-hydrogen) atoms. The highest BCUT2D eigenvalue weighted by molar-refractivity contribution is 7.21. The van der Waals surface area contributed by atoms with Crippen molar-refractivity contribution in [1.82, 2.24) is 10.3 Å². The highest BCUT2D eigenvalue weighted by Gasteiger charge is 2.28. The van der Waals surface area contributed by atoms with E-state index in [9.17, 15) is 9.59 Å². The minimum atomic E-state index is -0.438. The number of anilines is 2. The number of carbonyl (C=O) groups is 2. The van der Waals surface area contributed by atoms with E-state index >= 15 is 0 Å². The molecule has 174 valence electrons. The number of ether oxygens (including phenoxy) is 1. The molecule has 11 heteroatoms. The number of aryl methyl sites for hydroxylation is 1. The number of benzene rings is 1. The Kier molecular flexibility index (Phi) is 5.72. The van der Waals surface area contributed by atoms with Crippen LogP contribution in [0.2, 0.25) is 0 Å². The number of nitrogens with two attached hydrogens (primary N) is 1. The van der Waals surface area contributed by atoms with Crippen LogP contribution in [-0.2, 0) is 4.74 Å². The van der Waals surface area contributed by atoms with Crippen molar-refractivity contribution >= 4 is 44.8 Å². The van der Waals surface area contributed by atoms with E-state index in [2.05, 4.69) is 15.6 Å². The summed E-state index contributed by atoms with van der Waals surface area (Å²) in [7, 11) is 0. The first-order chi connectivity index (χ1) is 16.4. The van der Waals surface area contributed by atoms with E-state index in [-0.39, 0.29) is 22.2 Å². The van der Waals surface area contributed by atoms with Gasteiger partial charge in [-0.15, -0.1) is 16.3 Å². The van der Waals surface area contributed by atoms with Crippen molar-refractivity contribution in [2.24, 2.45) is 0 Å². The monoisotopic (exact) mass is 479 g/mol. The van der Waals surface area contributed by atoms with Gasteiger partial charge in [-0.05, 0) is 19.4 Å². The van der Waals surface area contributed by atoms with Gasteiger partial charge in [-0.2, -0.15) is 0 Å². The number of hydrogen-bond acceptors (Lipinski definition) is 9. The first kappa shape index (κ1) is 22.0.